The van der Waals surface area contributed by atoms with Gasteiger partial charge in [-0.15, -0.1) is 22.7 Å². The fourth-order valence-electron chi connectivity index (χ4n) is 3.08. The van der Waals surface area contributed by atoms with Crippen LogP contribution >= 0.6 is 22.7 Å². The predicted molar refractivity (Wildman–Crippen MR) is 97.3 cm³/mol. The molecule has 2 aromatic carbocycles. The van der Waals surface area contributed by atoms with Crippen LogP contribution < -0.4 is 9.47 Å². The van der Waals surface area contributed by atoms with E-state index >= 15 is 0 Å². The van der Waals surface area contributed by atoms with E-state index in [1.165, 1.54) is 40.7 Å². The van der Waals surface area contributed by atoms with E-state index in [1.54, 1.807) is 14.2 Å². The number of thiophene rings is 2. The summed E-state index contributed by atoms with van der Waals surface area (Å²) in [4.78, 5) is 2.67. The summed E-state index contributed by atoms with van der Waals surface area (Å²) < 4.78 is 13.7. The Bertz CT molecular complexity index is 941. The van der Waals surface area contributed by atoms with Crippen molar-refractivity contribution >= 4 is 53.6 Å². The summed E-state index contributed by atoms with van der Waals surface area (Å²) in [6, 6.07) is 8.82. The number of hydrogen-bond donors (Lipinski definition) is 0. The van der Waals surface area contributed by atoms with Crippen LogP contribution in [0.4, 0.5) is 0 Å². The summed E-state index contributed by atoms with van der Waals surface area (Å²) in [5.41, 5.74) is 0. The minimum Gasteiger partial charge on any atom is -0.493 e. The molecule has 0 saturated carbocycles. The highest BCUT2D eigenvalue weighted by atomic mass is 32.1. The van der Waals surface area contributed by atoms with Crippen molar-refractivity contribution in [3.8, 4) is 11.5 Å². The van der Waals surface area contributed by atoms with Gasteiger partial charge in [0.05, 0.1) is 14.2 Å². The summed E-state index contributed by atoms with van der Waals surface area (Å²) in [6.07, 6.45) is 0. The maximum atomic E-state index is 5.50. The van der Waals surface area contributed by atoms with Gasteiger partial charge in [-0.05, 0) is 38.1 Å². The predicted octanol–water partition coefficient (Wildman–Crippen LogP) is 5.90. The summed E-state index contributed by atoms with van der Waals surface area (Å²) in [5, 5.41) is 5.20. The van der Waals surface area contributed by atoms with Gasteiger partial charge >= 0.3 is 0 Å². The zero-order chi connectivity index (χ0) is 15.4. The molecule has 4 rings (SSSR count). The molecule has 4 aromatic rings. The Kier molecular flexibility index (Phi) is 3.06. The molecule has 0 spiro atoms. The molecule has 2 aromatic heterocycles. The number of aryl methyl sites for hydroxylation is 2. The van der Waals surface area contributed by atoms with E-state index in [4.69, 9.17) is 9.47 Å². The van der Waals surface area contributed by atoms with Gasteiger partial charge in [-0.2, -0.15) is 0 Å². The number of ether oxygens (including phenoxy) is 2. The second-order valence-electron chi connectivity index (χ2n) is 5.45. The van der Waals surface area contributed by atoms with Crippen LogP contribution in [-0.4, -0.2) is 14.2 Å². The molecule has 0 amide bonds. The zero-order valence-corrected chi connectivity index (χ0v) is 14.6. The van der Waals surface area contributed by atoms with Crippen LogP contribution in [0.3, 0.4) is 0 Å². The molecule has 0 atom stereocenters. The van der Waals surface area contributed by atoms with Crippen LogP contribution in [-0.2, 0) is 0 Å². The van der Waals surface area contributed by atoms with Crippen molar-refractivity contribution < 1.29 is 9.47 Å². The standard InChI is InChI=1S/C18H16O2S2/c1-9-5-11-12-6-10(2)22-18(12)14-8-16(20-4)15(19-3)7-13(14)17(11)21-9/h5-8H,1-4H3. The number of methoxy groups -OCH3 is 2. The third kappa shape index (κ3) is 1.84. The van der Waals surface area contributed by atoms with E-state index in [0.29, 0.717) is 0 Å². The highest BCUT2D eigenvalue weighted by Gasteiger charge is 2.16. The summed E-state index contributed by atoms with van der Waals surface area (Å²) in [7, 11) is 3.38. The van der Waals surface area contributed by atoms with E-state index in [-0.39, 0.29) is 0 Å². The quantitative estimate of drug-likeness (QED) is 0.456. The van der Waals surface area contributed by atoms with Crippen molar-refractivity contribution in [2.45, 2.75) is 13.8 Å². The monoisotopic (exact) mass is 328 g/mol. The molecule has 0 aliphatic heterocycles. The van der Waals surface area contributed by atoms with Crippen molar-refractivity contribution in [1.29, 1.82) is 0 Å². The topological polar surface area (TPSA) is 18.5 Å². The summed E-state index contributed by atoms with van der Waals surface area (Å²) in [5.74, 6) is 1.57. The molecule has 0 unspecified atom stereocenters. The van der Waals surface area contributed by atoms with Gasteiger partial charge in [-0.1, -0.05) is 0 Å². The largest absolute Gasteiger partial charge is 0.493 e. The minimum atomic E-state index is 0.787. The fourth-order valence-corrected chi connectivity index (χ4v) is 5.20. The molecule has 0 aliphatic rings. The average molecular weight is 328 g/mol. The van der Waals surface area contributed by atoms with Gasteiger partial charge < -0.3 is 9.47 Å². The first kappa shape index (κ1) is 13.9. The molecule has 0 N–H and O–H groups in total. The number of fused-ring (bicyclic) bond motifs is 6. The normalized spacial score (nSPS) is 11.6. The third-order valence-corrected chi connectivity index (χ3v) is 6.18. The highest BCUT2D eigenvalue weighted by molar-refractivity contribution is 7.22. The second-order valence-corrected chi connectivity index (χ2v) is 7.97. The van der Waals surface area contributed by atoms with Gasteiger partial charge in [-0.3, -0.25) is 0 Å². The maximum absolute atomic E-state index is 5.50. The van der Waals surface area contributed by atoms with Crippen LogP contribution in [0.25, 0.3) is 30.9 Å². The zero-order valence-electron chi connectivity index (χ0n) is 12.9. The number of rotatable bonds is 2. The first-order chi connectivity index (χ1) is 10.6. The number of hydrogen-bond acceptors (Lipinski definition) is 4. The first-order valence-corrected chi connectivity index (χ1v) is 8.73. The van der Waals surface area contributed by atoms with E-state index in [2.05, 4.69) is 38.1 Å². The Morgan fingerprint density at radius 1 is 0.636 bits per heavy atom. The fraction of sp³-hybridized carbons (Fsp3) is 0.222. The molecule has 0 fully saturated rings. The van der Waals surface area contributed by atoms with E-state index in [0.717, 1.165) is 11.5 Å². The van der Waals surface area contributed by atoms with Crippen LogP contribution in [0, 0.1) is 13.8 Å². The van der Waals surface area contributed by atoms with Gasteiger partial charge in [-0.25, -0.2) is 0 Å². The van der Waals surface area contributed by atoms with Crippen molar-refractivity contribution in [3.05, 3.63) is 34.0 Å². The SMILES string of the molecule is COc1cc2c(cc1OC)c1sc(C)cc1c1cc(C)sc12. The third-order valence-electron chi connectivity index (χ3n) is 4.01. The van der Waals surface area contributed by atoms with E-state index < -0.39 is 0 Å². The van der Waals surface area contributed by atoms with Crippen molar-refractivity contribution in [2.24, 2.45) is 0 Å². The van der Waals surface area contributed by atoms with Gasteiger partial charge in [0.15, 0.2) is 11.5 Å². The van der Waals surface area contributed by atoms with Crippen LogP contribution in [0.1, 0.15) is 9.75 Å². The lowest BCUT2D eigenvalue weighted by atomic mass is 10.0. The average Bonchev–Trinajstić information content (AvgIpc) is 3.08. The Balaban J connectivity index is 2.30. The molecule has 0 radical (unpaired) electrons. The highest BCUT2D eigenvalue weighted by Crippen LogP contribution is 2.45. The molecular formula is C18H16O2S2. The smallest absolute Gasteiger partial charge is 0.161 e. The molecule has 0 aliphatic carbocycles. The lowest BCUT2D eigenvalue weighted by Gasteiger charge is -2.10. The Morgan fingerprint density at radius 2 is 1.00 bits per heavy atom. The van der Waals surface area contributed by atoms with Gasteiger partial charge in [0.25, 0.3) is 0 Å². The lowest BCUT2D eigenvalue weighted by molar-refractivity contribution is 0.356. The van der Waals surface area contributed by atoms with Gasteiger partial charge in [0.1, 0.15) is 0 Å². The van der Waals surface area contributed by atoms with Crippen LogP contribution in [0.2, 0.25) is 0 Å². The molecule has 0 saturated heterocycles. The second kappa shape index (κ2) is 4.86. The molecule has 2 nitrogen and oxygen atoms in total. The van der Waals surface area contributed by atoms with Crippen molar-refractivity contribution in [3.63, 3.8) is 0 Å². The molecular weight excluding hydrogens is 312 g/mol. The Hall–Kier alpha value is -1.78. The Labute approximate surface area is 136 Å². The van der Waals surface area contributed by atoms with Crippen LogP contribution in [0.15, 0.2) is 24.3 Å². The minimum absolute atomic E-state index is 0.787. The van der Waals surface area contributed by atoms with E-state index in [1.807, 2.05) is 22.7 Å². The molecule has 4 heteroatoms. The van der Waals surface area contributed by atoms with Gasteiger partial charge in [0, 0.05) is 40.7 Å². The van der Waals surface area contributed by atoms with Gasteiger partial charge in [0.2, 0.25) is 0 Å². The molecule has 0 bridgehead atoms. The van der Waals surface area contributed by atoms with Crippen LogP contribution in [0.5, 0.6) is 11.5 Å². The maximum Gasteiger partial charge on any atom is 0.161 e. The molecule has 2 heterocycles. The van der Waals surface area contributed by atoms with E-state index in [9.17, 15) is 0 Å². The molecule has 112 valence electrons. The lowest BCUT2D eigenvalue weighted by Crippen LogP contribution is -1.90. The first-order valence-electron chi connectivity index (χ1n) is 7.10. The molecule has 22 heavy (non-hydrogen) atoms. The summed E-state index contributed by atoms with van der Waals surface area (Å²) in [6.45, 7) is 4.34. The summed E-state index contributed by atoms with van der Waals surface area (Å²) >= 11 is 3.69. The van der Waals surface area contributed by atoms with Crippen molar-refractivity contribution in [2.75, 3.05) is 14.2 Å². The Morgan fingerprint density at radius 3 is 1.36 bits per heavy atom. The van der Waals surface area contributed by atoms with Crippen molar-refractivity contribution in [1.82, 2.24) is 0 Å². The number of benzene rings is 2.